The number of aromatic amines is 1. The molecule has 88 valence electrons. The average Bonchev–Trinajstić information content (AvgIpc) is 2.74. The average molecular weight is 218 g/mol. The molecule has 0 radical (unpaired) electrons. The summed E-state index contributed by atoms with van der Waals surface area (Å²) in [6, 6.07) is 8.29. The van der Waals surface area contributed by atoms with Crippen molar-refractivity contribution in [3.8, 4) is 0 Å². The molecule has 1 heterocycles. The minimum Gasteiger partial charge on any atom is -0.361 e. The van der Waals surface area contributed by atoms with Crippen LogP contribution in [0, 0.1) is 0 Å². The van der Waals surface area contributed by atoms with Gasteiger partial charge in [-0.3, -0.25) is 0 Å². The van der Waals surface area contributed by atoms with Gasteiger partial charge < -0.3 is 10.7 Å². The Kier molecular flexibility index (Phi) is 5.65. The number of unbranched alkanes of at least 4 members (excludes halogenated alkanes) is 1. The molecule has 1 aromatic carbocycles. The van der Waals surface area contributed by atoms with Gasteiger partial charge in [-0.15, -0.1) is 0 Å². The van der Waals surface area contributed by atoms with Gasteiger partial charge in [-0.1, -0.05) is 44.9 Å². The molecule has 2 rings (SSSR count). The minimum absolute atomic E-state index is 0.710. The lowest BCUT2D eigenvalue weighted by Gasteiger charge is -1.93. The summed E-state index contributed by atoms with van der Waals surface area (Å²) in [5, 5.41) is 1.29. The number of H-pyrrole nitrogens is 1. The molecule has 0 aliphatic rings. The Balaban J connectivity index is 0.000000280. The second-order valence-electron chi connectivity index (χ2n) is 3.90. The normalized spacial score (nSPS) is 9.94. The second kappa shape index (κ2) is 7.07. The van der Waals surface area contributed by atoms with E-state index in [0.29, 0.717) is 6.54 Å². The Morgan fingerprint density at radius 3 is 2.44 bits per heavy atom. The Morgan fingerprint density at radius 2 is 1.81 bits per heavy atom. The molecule has 0 aliphatic heterocycles. The van der Waals surface area contributed by atoms with Crippen molar-refractivity contribution in [2.45, 2.75) is 33.1 Å². The van der Waals surface area contributed by atoms with Crippen LogP contribution in [0.1, 0.15) is 32.3 Å². The number of rotatable bonds is 3. The van der Waals surface area contributed by atoms with E-state index in [2.05, 4.69) is 37.0 Å². The predicted octanol–water partition coefficient (Wildman–Crippen LogP) is 3.48. The molecule has 0 atom stereocenters. The zero-order valence-electron chi connectivity index (χ0n) is 10.3. The van der Waals surface area contributed by atoms with Gasteiger partial charge in [-0.2, -0.15) is 0 Å². The van der Waals surface area contributed by atoms with E-state index < -0.39 is 0 Å². The van der Waals surface area contributed by atoms with Crippen molar-refractivity contribution in [1.82, 2.24) is 4.98 Å². The molecule has 0 amide bonds. The van der Waals surface area contributed by atoms with E-state index in [4.69, 9.17) is 5.73 Å². The van der Waals surface area contributed by atoms with Gasteiger partial charge in [0.05, 0.1) is 0 Å². The van der Waals surface area contributed by atoms with Crippen LogP contribution in [-0.4, -0.2) is 11.5 Å². The number of aromatic nitrogens is 1. The lowest BCUT2D eigenvalue weighted by Crippen LogP contribution is -2.01. The zero-order valence-corrected chi connectivity index (χ0v) is 10.3. The molecule has 0 aliphatic carbocycles. The van der Waals surface area contributed by atoms with Crippen LogP contribution < -0.4 is 5.73 Å². The summed E-state index contributed by atoms with van der Waals surface area (Å²) in [5.41, 5.74) is 8.01. The molecular formula is C14H22N2. The largest absolute Gasteiger partial charge is 0.361 e. The molecule has 0 fully saturated rings. The standard InChI is InChI=1S/C10H12N2.C4H10/c11-6-5-8-7-12-10-4-2-1-3-9(8)10;1-3-4-2/h1-4,7,12H,5-6,11H2;3-4H2,1-2H3. The summed E-state index contributed by atoms with van der Waals surface area (Å²) in [6.45, 7) is 5.07. The molecule has 1 aromatic heterocycles. The molecule has 0 unspecified atom stereocenters. The highest BCUT2D eigenvalue weighted by atomic mass is 14.7. The van der Waals surface area contributed by atoms with Crippen LogP contribution in [0.5, 0.6) is 0 Å². The number of hydrogen-bond donors (Lipinski definition) is 2. The molecule has 0 bridgehead atoms. The van der Waals surface area contributed by atoms with Crippen molar-refractivity contribution in [2.24, 2.45) is 5.73 Å². The van der Waals surface area contributed by atoms with E-state index in [1.807, 2.05) is 12.3 Å². The highest BCUT2D eigenvalue weighted by molar-refractivity contribution is 5.82. The molecule has 0 saturated carbocycles. The Labute approximate surface area is 97.9 Å². The second-order valence-corrected chi connectivity index (χ2v) is 3.90. The minimum atomic E-state index is 0.710. The van der Waals surface area contributed by atoms with E-state index >= 15 is 0 Å². The van der Waals surface area contributed by atoms with Crippen molar-refractivity contribution in [3.05, 3.63) is 36.0 Å². The van der Waals surface area contributed by atoms with Gasteiger partial charge in [0.25, 0.3) is 0 Å². The summed E-state index contributed by atoms with van der Waals surface area (Å²) in [4.78, 5) is 3.22. The summed E-state index contributed by atoms with van der Waals surface area (Å²) < 4.78 is 0. The lowest BCUT2D eigenvalue weighted by atomic mass is 10.1. The fourth-order valence-electron chi connectivity index (χ4n) is 1.49. The number of fused-ring (bicyclic) bond motifs is 1. The van der Waals surface area contributed by atoms with Crippen molar-refractivity contribution in [2.75, 3.05) is 6.54 Å². The molecule has 3 N–H and O–H groups in total. The van der Waals surface area contributed by atoms with Crippen molar-refractivity contribution < 1.29 is 0 Å². The van der Waals surface area contributed by atoms with E-state index in [-0.39, 0.29) is 0 Å². The SMILES string of the molecule is CCCC.NCCc1c[nH]c2ccccc12. The third-order valence-corrected chi connectivity index (χ3v) is 2.59. The van der Waals surface area contributed by atoms with Gasteiger partial charge in [0.1, 0.15) is 0 Å². The molecule has 2 heteroatoms. The fraction of sp³-hybridized carbons (Fsp3) is 0.429. The molecule has 16 heavy (non-hydrogen) atoms. The third kappa shape index (κ3) is 3.38. The first-order valence-corrected chi connectivity index (χ1v) is 6.08. The van der Waals surface area contributed by atoms with Crippen LogP contribution in [0.15, 0.2) is 30.5 Å². The first-order valence-electron chi connectivity index (χ1n) is 6.08. The summed E-state index contributed by atoms with van der Waals surface area (Å²) >= 11 is 0. The van der Waals surface area contributed by atoms with Gasteiger partial charge in [0.15, 0.2) is 0 Å². The van der Waals surface area contributed by atoms with Gasteiger partial charge >= 0.3 is 0 Å². The highest BCUT2D eigenvalue weighted by Crippen LogP contribution is 2.17. The summed E-state index contributed by atoms with van der Waals surface area (Å²) in [6.07, 6.45) is 5.63. The maximum Gasteiger partial charge on any atom is 0.0456 e. The predicted molar refractivity (Wildman–Crippen MR) is 71.6 cm³/mol. The lowest BCUT2D eigenvalue weighted by molar-refractivity contribution is 0.886. The number of nitrogens with one attached hydrogen (secondary N) is 1. The fourth-order valence-corrected chi connectivity index (χ4v) is 1.49. The van der Waals surface area contributed by atoms with Crippen LogP contribution in [0.3, 0.4) is 0 Å². The summed E-state index contributed by atoms with van der Waals surface area (Å²) in [7, 11) is 0. The van der Waals surface area contributed by atoms with Crippen LogP contribution in [-0.2, 0) is 6.42 Å². The topological polar surface area (TPSA) is 41.8 Å². The number of benzene rings is 1. The maximum absolute atomic E-state index is 5.50. The van der Waals surface area contributed by atoms with E-state index in [1.165, 1.54) is 29.3 Å². The van der Waals surface area contributed by atoms with Gasteiger partial charge in [0, 0.05) is 17.1 Å². The molecular weight excluding hydrogens is 196 g/mol. The van der Waals surface area contributed by atoms with Crippen LogP contribution in [0.2, 0.25) is 0 Å². The van der Waals surface area contributed by atoms with E-state index in [9.17, 15) is 0 Å². The van der Waals surface area contributed by atoms with Crippen LogP contribution in [0.25, 0.3) is 10.9 Å². The Bertz CT molecular complexity index is 402. The maximum atomic E-state index is 5.50. The third-order valence-electron chi connectivity index (χ3n) is 2.59. The van der Waals surface area contributed by atoms with Gasteiger partial charge in [0.2, 0.25) is 0 Å². The molecule has 2 nitrogen and oxygen atoms in total. The quantitative estimate of drug-likeness (QED) is 0.813. The first-order chi connectivity index (χ1) is 7.83. The number of para-hydroxylation sites is 1. The molecule has 2 aromatic rings. The molecule has 0 spiro atoms. The smallest absolute Gasteiger partial charge is 0.0456 e. The van der Waals surface area contributed by atoms with Gasteiger partial charge in [-0.25, -0.2) is 0 Å². The summed E-state index contributed by atoms with van der Waals surface area (Å²) in [5.74, 6) is 0. The van der Waals surface area contributed by atoms with Crippen LogP contribution in [0.4, 0.5) is 0 Å². The number of hydrogen-bond acceptors (Lipinski definition) is 1. The monoisotopic (exact) mass is 218 g/mol. The number of nitrogens with two attached hydrogens (primary N) is 1. The van der Waals surface area contributed by atoms with Crippen LogP contribution >= 0.6 is 0 Å². The van der Waals surface area contributed by atoms with E-state index in [0.717, 1.165) is 6.42 Å². The Morgan fingerprint density at radius 1 is 1.12 bits per heavy atom. The van der Waals surface area contributed by atoms with E-state index in [1.54, 1.807) is 0 Å². The Hall–Kier alpha value is -1.28. The highest BCUT2D eigenvalue weighted by Gasteiger charge is 1.99. The van der Waals surface area contributed by atoms with Crippen molar-refractivity contribution >= 4 is 10.9 Å². The first kappa shape index (κ1) is 12.8. The van der Waals surface area contributed by atoms with Gasteiger partial charge in [-0.05, 0) is 24.6 Å². The van der Waals surface area contributed by atoms with Crippen molar-refractivity contribution in [3.63, 3.8) is 0 Å². The molecule has 0 saturated heterocycles. The van der Waals surface area contributed by atoms with Crippen molar-refractivity contribution in [1.29, 1.82) is 0 Å². The zero-order chi connectivity index (χ0) is 11.8.